The first-order chi connectivity index (χ1) is 33.1. The number of carbonyl (C=O) groups excluding carboxylic acids is 9. The van der Waals surface area contributed by atoms with Gasteiger partial charge in [-0.15, -0.1) is 0 Å². The molecular formula is C51H60N4O14. The first-order valence-electron chi connectivity index (χ1n) is 23.3. The molecule has 3 aromatic carbocycles. The molecule has 4 atom stereocenters. The van der Waals surface area contributed by atoms with Crippen LogP contribution in [0.3, 0.4) is 0 Å². The minimum Gasteiger partial charge on any atom is -0.493 e. The lowest BCUT2D eigenvalue weighted by Crippen LogP contribution is -2.54. The topological polar surface area (TPSA) is 239 Å². The van der Waals surface area contributed by atoms with Crippen LogP contribution in [0.25, 0.3) is 0 Å². The summed E-state index contributed by atoms with van der Waals surface area (Å²) in [7, 11) is 3.10. The number of esters is 1. The highest BCUT2D eigenvalue weighted by atomic mass is 16.5. The van der Waals surface area contributed by atoms with Crippen molar-refractivity contribution < 1.29 is 66.8 Å². The molecule has 0 spiro atoms. The number of Topliss-reactive ketones (excluding diaryl/α,β-unsaturated/α-hetero) is 2. The van der Waals surface area contributed by atoms with Gasteiger partial charge in [-0.25, -0.2) is 0 Å². The Labute approximate surface area is 400 Å². The first kappa shape index (κ1) is 51.3. The van der Waals surface area contributed by atoms with Crippen molar-refractivity contribution in [3.63, 3.8) is 0 Å². The van der Waals surface area contributed by atoms with Gasteiger partial charge in [0.15, 0.2) is 24.7 Å². The molecule has 1 saturated heterocycles. The van der Waals surface area contributed by atoms with E-state index >= 15 is 0 Å². The van der Waals surface area contributed by atoms with Gasteiger partial charge in [0.05, 0.1) is 31.3 Å². The molecule has 3 N–H and O–H groups in total. The molecule has 18 nitrogen and oxygen atoms in total. The van der Waals surface area contributed by atoms with E-state index in [1.54, 1.807) is 58.4 Å². The molecule has 6 rings (SSSR count). The molecular weight excluding hydrogens is 893 g/mol. The summed E-state index contributed by atoms with van der Waals surface area (Å²) in [5.74, 6) is -5.06. The SMILES string of the molecule is CCC(C)(C)C(=O)C(=O)C1CCC[C@H]1C(=O)O[C@H](CCc1ccc(OC)c(OC)c1)c1cccc(OCC(=O)NCCCCNC(=O)COc2cccc3c2C(=O)N(C2CCC(=O)NC2=O)C3=O)c1. The number of rotatable bonds is 24. The van der Waals surface area contributed by atoms with Gasteiger partial charge in [-0.3, -0.25) is 53.4 Å². The Bertz CT molecular complexity index is 2470. The second-order valence-corrected chi connectivity index (χ2v) is 17.9. The third-order valence-electron chi connectivity index (χ3n) is 12.9. The van der Waals surface area contributed by atoms with Crippen molar-refractivity contribution in [1.29, 1.82) is 0 Å². The number of aryl methyl sites for hydroxylation is 1. The standard InChI is InChI=1S/C51H60N4O14/c1-6-51(2,3)46(60)45(59)33-14-10-15-34(33)50(64)69-37(21-18-30-19-22-38(65-4)40(26-30)66-5)31-12-9-13-32(27-31)67-28-42(57)52-24-7-8-25-53-43(58)29-68-39-17-11-16-35-44(39)49(63)55(48(35)62)36-20-23-41(56)54-47(36)61/h9,11-13,16-17,19,22,26-27,33-34,36-37H,6-8,10,14-15,18,20-21,23-25,28-29H2,1-5H3,(H,52,57)(H,53,58)(H,54,56,61)/t33?,34-,36?,37-/m1/s1. The number of hydrogen-bond acceptors (Lipinski definition) is 14. The molecule has 3 aromatic rings. The molecule has 18 heteroatoms. The minimum absolute atomic E-state index is 0.00601. The van der Waals surface area contributed by atoms with Gasteiger partial charge >= 0.3 is 5.97 Å². The van der Waals surface area contributed by atoms with Crippen molar-refractivity contribution in [2.75, 3.05) is 40.5 Å². The number of carbonyl (C=O) groups is 9. The van der Waals surface area contributed by atoms with E-state index in [1.807, 2.05) is 19.1 Å². The molecule has 0 aromatic heterocycles. The summed E-state index contributed by atoms with van der Waals surface area (Å²) in [6.07, 6.45) is 3.07. The van der Waals surface area contributed by atoms with E-state index in [2.05, 4.69) is 16.0 Å². The molecule has 3 aliphatic rings. The molecule has 1 saturated carbocycles. The molecule has 0 bridgehead atoms. The number of unbranched alkanes of at least 4 members (excludes halogenated alkanes) is 1. The van der Waals surface area contributed by atoms with Crippen molar-refractivity contribution in [3.8, 4) is 23.0 Å². The predicted molar refractivity (Wildman–Crippen MR) is 247 cm³/mol. The lowest BCUT2D eigenvalue weighted by molar-refractivity contribution is -0.159. The fourth-order valence-electron chi connectivity index (χ4n) is 8.58. The number of methoxy groups -OCH3 is 2. The minimum atomic E-state index is -1.14. The number of benzene rings is 3. The summed E-state index contributed by atoms with van der Waals surface area (Å²) in [6, 6.07) is 15.7. The normalized spacial score (nSPS) is 18.2. The molecule has 2 fully saturated rings. The molecule has 69 heavy (non-hydrogen) atoms. The molecule has 368 valence electrons. The third kappa shape index (κ3) is 12.5. The fraction of sp³-hybridized carbons (Fsp3) is 0.471. The van der Waals surface area contributed by atoms with E-state index in [0.717, 1.165) is 10.5 Å². The largest absolute Gasteiger partial charge is 0.493 e. The van der Waals surface area contributed by atoms with E-state index in [9.17, 15) is 43.2 Å². The zero-order chi connectivity index (χ0) is 49.8. The van der Waals surface area contributed by atoms with Crippen molar-refractivity contribution in [2.24, 2.45) is 17.3 Å². The number of hydrogen-bond donors (Lipinski definition) is 3. The van der Waals surface area contributed by atoms with Crippen LogP contribution in [0.15, 0.2) is 60.7 Å². The van der Waals surface area contributed by atoms with Crippen LogP contribution in [0.4, 0.5) is 0 Å². The van der Waals surface area contributed by atoms with Crippen LogP contribution in [0.2, 0.25) is 0 Å². The molecule has 6 amide bonds. The van der Waals surface area contributed by atoms with E-state index in [4.69, 9.17) is 23.7 Å². The number of nitrogens with one attached hydrogen (secondary N) is 3. The van der Waals surface area contributed by atoms with E-state index in [-0.39, 0.29) is 48.8 Å². The average molecular weight is 953 g/mol. The Kier molecular flexibility index (Phi) is 17.3. The summed E-state index contributed by atoms with van der Waals surface area (Å²) in [6.45, 7) is 5.14. The van der Waals surface area contributed by atoms with E-state index in [0.29, 0.717) is 80.7 Å². The van der Waals surface area contributed by atoms with Crippen LogP contribution < -0.4 is 34.9 Å². The molecule has 2 aliphatic heterocycles. The Morgan fingerprint density at radius 1 is 0.783 bits per heavy atom. The highest BCUT2D eigenvalue weighted by Crippen LogP contribution is 2.39. The fourth-order valence-corrected chi connectivity index (χ4v) is 8.58. The lowest BCUT2D eigenvalue weighted by Gasteiger charge is -2.27. The first-order valence-corrected chi connectivity index (χ1v) is 23.3. The summed E-state index contributed by atoms with van der Waals surface area (Å²) < 4.78 is 28.6. The smallest absolute Gasteiger partial charge is 0.310 e. The Morgan fingerprint density at radius 2 is 1.46 bits per heavy atom. The van der Waals surface area contributed by atoms with Crippen LogP contribution in [-0.2, 0) is 44.7 Å². The molecule has 0 radical (unpaired) electrons. The number of nitrogens with zero attached hydrogens (tertiary/aromatic N) is 1. The predicted octanol–water partition coefficient (Wildman–Crippen LogP) is 4.78. The maximum Gasteiger partial charge on any atom is 0.310 e. The average Bonchev–Trinajstić information content (AvgIpc) is 3.94. The highest BCUT2D eigenvalue weighted by Gasteiger charge is 2.47. The van der Waals surface area contributed by atoms with Gasteiger partial charge in [0.2, 0.25) is 23.4 Å². The lowest BCUT2D eigenvalue weighted by atomic mass is 9.78. The summed E-state index contributed by atoms with van der Waals surface area (Å²) in [5.41, 5.74) is 0.662. The Hall–Kier alpha value is -7.11. The van der Waals surface area contributed by atoms with Crippen molar-refractivity contribution in [1.82, 2.24) is 20.9 Å². The third-order valence-corrected chi connectivity index (χ3v) is 12.9. The monoisotopic (exact) mass is 952 g/mol. The van der Waals surface area contributed by atoms with E-state index < -0.39 is 83.1 Å². The van der Waals surface area contributed by atoms with Crippen LogP contribution in [0, 0.1) is 17.3 Å². The van der Waals surface area contributed by atoms with Gasteiger partial charge in [0.1, 0.15) is 23.6 Å². The zero-order valence-electron chi connectivity index (χ0n) is 39.6. The van der Waals surface area contributed by atoms with Gasteiger partial charge in [0, 0.05) is 30.8 Å². The Morgan fingerprint density at radius 3 is 2.14 bits per heavy atom. The number of ether oxygens (including phenoxy) is 5. The van der Waals surface area contributed by atoms with Crippen molar-refractivity contribution >= 4 is 53.0 Å². The molecule has 1 aliphatic carbocycles. The van der Waals surface area contributed by atoms with Crippen molar-refractivity contribution in [3.05, 3.63) is 82.9 Å². The van der Waals surface area contributed by atoms with Crippen LogP contribution in [0.1, 0.15) is 117 Å². The number of imide groups is 2. The van der Waals surface area contributed by atoms with Gasteiger partial charge < -0.3 is 34.3 Å². The second kappa shape index (κ2) is 23.3. The number of piperidine rings is 1. The number of fused-ring (bicyclic) bond motifs is 1. The maximum atomic E-state index is 13.9. The highest BCUT2D eigenvalue weighted by molar-refractivity contribution is 6.40. The van der Waals surface area contributed by atoms with Gasteiger partial charge in [-0.05, 0) is 98.9 Å². The van der Waals surface area contributed by atoms with Gasteiger partial charge in [-0.2, -0.15) is 0 Å². The zero-order valence-corrected chi connectivity index (χ0v) is 39.6. The van der Waals surface area contributed by atoms with E-state index in [1.165, 1.54) is 18.2 Å². The molecule has 2 heterocycles. The van der Waals surface area contributed by atoms with Crippen LogP contribution >= 0.6 is 0 Å². The maximum absolute atomic E-state index is 13.9. The van der Waals surface area contributed by atoms with Gasteiger partial charge in [-0.1, -0.05) is 51.5 Å². The molecule has 2 unspecified atom stereocenters. The summed E-state index contributed by atoms with van der Waals surface area (Å²) >= 11 is 0. The van der Waals surface area contributed by atoms with Crippen LogP contribution in [-0.4, -0.2) is 104 Å². The van der Waals surface area contributed by atoms with Crippen molar-refractivity contribution in [2.45, 2.75) is 97.1 Å². The van der Waals surface area contributed by atoms with Crippen LogP contribution in [0.5, 0.6) is 23.0 Å². The summed E-state index contributed by atoms with van der Waals surface area (Å²) in [4.78, 5) is 117. The second-order valence-electron chi connectivity index (χ2n) is 17.9. The number of ketones is 2. The quantitative estimate of drug-likeness (QED) is 0.0474. The van der Waals surface area contributed by atoms with Gasteiger partial charge in [0.25, 0.3) is 23.6 Å². The summed E-state index contributed by atoms with van der Waals surface area (Å²) in [5, 5.41) is 7.66. The number of amides is 6. The Balaban J connectivity index is 0.970.